The number of amides is 1. The number of nitrogens with one attached hydrogen (secondary N) is 2. The van der Waals surface area contributed by atoms with Crippen molar-refractivity contribution in [3.05, 3.63) is 23.9 Å². The fourth-order valence-electron chi connectivity index (χ4n) is 2.69. The third-order valence-electron chi connectivity index (χ3n) is 4.07. The number of pyridine rings is 1. The van der Waals surface area contributed by atoms with Crippen LogP contribution in [0.25, 0.3) is 0 Å². The van der Waals surface area contributed by atoms with Gasteiger partial charge in [-0.3, -0.25) is 4.79 Å². The van der Waals surface area contributed by atoms with Gasteiger partial charge >= 0.3 is 0 Å². The summed E-state index contributed by atoms with van der Waals surface area (Å²) in [6, 6.07) is 3.67. The molecule has 0 aliphatic heterocycles. The summed E-state index contributed by atoms with van der Waals surface area (Å²) in [7, 11) is 0. The van der Waals surface area contributed by atoms with Crippen molar-refractivity contribution in [2.75, 3.05) is 18.4 Å². The molecule has 4 heteroatoms. The average molecular weight is 275 g/mol. The third-order valence-corrected chi connectivity index (χ3v) is 4.07. The van der Waals surface area contributed by atoms with E-state index in [4.69, 9.17) is 0 Å². The van der Waals surface area contributed by atoms with Gasteiger partial charge in [-0.1, -0.05) is 19.8 Å². The van der Waals surface area contributed by atoms with E-state index in [0.29, 0.717) is 11.5 Å². The zero-order chi connectivity index (χ0) is 14.4. The molecule has 1 aromatic heterocycles. The number of hydrogen-bond donors (Lipinski definition) is 2. The van der Waals surface area contributed by atoms with Crippen LogP contribution in [0.1, 0.15) is 49.9 Å². The lowest BCUT2D eigenvalue weighted by atomic mass is 9.83. The van der Waals surface area contributed by atoms with Crippen LogP contribution in [0.3, 0.4) is 0 Å². The highest BCUT2D eigenvalue weighted by Gasteiger charge is 2.18. The lowest BCUT2D eigenvalue weighted by Gasteiger charge is -2.26. The molecule has 2 N–H and O–H groups in total. The van der Waals surface area contributed by atoms with Crippen molar-refractivity contribution in [1.29, 1.82) is 0 Å². The van der Waals surface area contributed by atoms with Crippen LogP contribution in [0.2, 0.25) is 0 Å². The van der Waals surface area contributed by atoms with Gasteiger partial charge in [-0.25, -0.2) is 4.98 Å². The number of rotatable bonds is 5. The highest BCUT2D eigenvalue weighted by molar-refractivity contribution is 5.94. The Kier molecular flexibility index (Phi) is 5.39. The lowest BCUT2D eigenvalue weighted by Crippen LogP contribution is -2.31. The second-order valence-electron chi connectivity index (χ2n) is 5.80. The maximum atomic E-state index is 12.0. The van der Waals surface area contributed by atoms with Gasteiger partial charge in [0.1, 0.15) is 5.82 Å². The van der Waals surface area contributed by atoms with Crippen LogP contribution in [-0.4, -0.2) is 24.0 Å². The highest BCUT2D eigenvalue weighted by atomic mass is 16.1. The van der Waals surface area contributed by atoms with Crippen molar-refractivity contribution in [2.45, 2.75) is 39.5 Å². The van der Waals surface area contributed by atoms with Crippen molar-refractivity contribution in [3.8, 4) is 0 Å². The largest absolute Gasteiger partial charge is 0.370 e. The molecule has 0 aromatic carbocycles. The summed E-state index contributed by atoms with van der Waals surface area (Å²) in [6.45, 7) is 5.96. The molecular weight excluding hydrogens is 250 g/mol. The predicted octanol–water partition coefficient (Wildman–Crippen LogP) is 3.07. The third kappa shape index (κ3) is 4.22. The van der Waals surface area contributed by atoms with Gasteiger partial charge in [-0.15, -0.1) is 0 Å². The molecule has 1 aliphatic rings. The monoisotopic (exact) mass is 275 g/mol. The topological polar surface area (TPSA) is 54.0 Å². The van der Waals surface area contributed by atoms with Crippen molar-refractivity contribution in [3.63, 3.8) is 0 Å². The quantitative estimate of drug-likeness (QED) is 0.868. The van der Waals surface area contributed by atoms with E-state index in [2.05, 4.69) is 22.5 Å². The second-order valence-corrected chi connectivity index (χ2v) is 5.80. The van der Waals surface area contributed by atoms with Crippen molar-refractivity contribution in [2.24, 2.45) is 11.8 Å². The number of carbonyl (C=O) groups is 1. The molecule has 2 rings (SSSR count). The minimum atomic E-state index is -0.0147. The molecule has 0 atom stereocenters. The predicted molar refractivity (Wildman–Crippen MR) is 81.9 cm³/mol. The van der Waals surface area contributed by atoms with Crippen molar-refractivity contribution < 1.29 is 4.79 Å². The number of carbonyl (C=O) groups excluding carboxylic acids is 1. The van der Waals surface area contributed by atoms with Crippen molar-refractivity contribution in [1.82, 2.24) is 10.3 Å². The molecule has 20 heavy (non-hydrogen) atoms. The number of anilines is 1. The molecule has 0 spiro atoms. The van der Waals surface area contributed by atoms with E-state index >= 15 is 0 Å². The standard InChI is InChI=1S/C16H25N3O/c1-3-17-15-9-8-14(11-18-15)16(20)19-10-13-6-4-12(2)5-7-13/h8-9,11-13H,3-7,10H2,1-2H3,(H,17,18)(H,19,20). The first-order valence-corrected chi connectivity index (χ1v) is 7.67. The molecule has 1 saturated carbocycles. The summed E-state index contributed by atoms with van der Waals surface area (Å²) in [6.07, 6.45) is 6.69. The first kappa shape index (κ1) is 14.8. The van der Waals surface area contributed by atoms with Crippen LogP contribution in [-0.2, 0) is 0 Å². The van der Waals surface area contributed by atoms with Crippen LogP contribution in [0.4, 0.5) is 5.82 Å². The Hall–Kier alpha value is -1.58. The normalized spacial score (nSPS) is 22.3. The molecule has 1 fully saturated rings. The molecule has 0 unspecified atom stereocenters. The Bertz CT molecular complexity index is 422. The molecule has 0 radical (unpaired) electrons. The summed E-state index contributed by atoms with van der Waals surface area (Å²) in [4.78, 5) is 16.3. The molecule has 1 heterocycles. The molecule has 0 bridgehead atoms. The average Bonchev–Trinajstić information content (AvgIpc) is 2.47. The van der Waals surface area contributed by atoms with Gasteiger partial charge in [0.05, 0.1) is 5.56 Å². The first-order chi connectivity index (χ1) is 9.69. The zero-order valence-electron chi connectivity index (χ0n) is 12.5. The van der Waals surface area contributed by atoms with E-state index < -0.39 is 0 Å². The number of nitrogens with zero attached hydrogens (tertiary/aromatic N) is 1. The van der Waals surface area contributed by atoms with Gasteiger partial charge in [0.15, 0.2) is 0 Å². The maximum Gasteiger partial charge on any atom is 0.252 e. The SMILES string of the molecule is CCNc1ccc(C(=O)NCC2CCC(C)CC2)cn1. The highest BCUT2D eigenvalue weighted by Crippen LogP contribution is 2.27. The fourth-order valence-corrected chi connectivity index (χ4v) is 2.69. The summed E-state index contributed by atoms with van der Waals surface area (Å²) < 4.78 is 0. The molecule has 1 aromatic rings. The van der Waals surface area contributed by atoms with Gasteiger partial charge in [-0.05, 0) is 43.7 Å². The Balaban J connectivity index is 1.79. The molecular formula is C16H25N3O. The summed E-state index contributed by atoms with van der Waals surface area (Å²) in [5, 5.41) is 6.15. The van der Waals surface area contributed by atoms with Crippen LogP contribution >= 0.6 is 0 Å². The van der Waals surface area contributed by atoms with Gasteiger partial charge < -0.3 is 10.6 Å². The van der Waals surface area contributed by atoms with Crippen LogP contribution in [0, 0.1) is 11.8 Å². The minimum Gasteiger partial charge on any atom is -0.370 e. The Labute approximate surface area is 121 Å². The first-order valence-electron chi connectivity index (χ1n) is 7.67. The summed E-state index contributed by atoms with van der Waals surface area (Å²) in [5.74, 6) is 2.29. The van der Waals surface area contributed by atoms with Crippen molar-refractivity contribution >= 4 is 11.7 Å². The van der Waals surface area contributed by atoms with E-state index in [9.17, 15) is 4.79 Å². The smallest absolute Gasteiger partial charge is 0.252 e. The zero-order valence-corrected chi connectivity index (χ0v) is 12.5. The van der Waals surface area contributed by atoms with Crippen LogP contribution < -0.4 is 10.6 Å². The van der Waals surface area contributed by atoms with E-state index in [1.165, 1.54) is 25.7 Å². The number of hydrogen-bond acceptors (Lipinski definition) is 3. The molecule has 4 nitrogen and oxygen atoms in total. The van der Waals surface area contributed by atoms with Gasteiger partial charge in [0, 0.05) is 19.3 Å². The summed E-state index contributed by atoms with van der Waals surface area (Å²) >= 11 is 0. The van der Waals surface area contributed by atoms with E-state index in [-0.39, 0.29) is 5.91 Å². The Morgan fingerprint density at radius 2 is 2.05 bits per heavy atom. The summed E-state index contributed by atoms with van der Waals surface area (Å²) in [5.41, 5.74) is 0.635. The molecule has 110 valence electrons. The van der Waals surface area contributed by atoms with Gasteiger partial charge in [0.25, 0.3) is 5.91 Å². The maximum absolute atomic E-state index is 12.0. The second kappa shape index (κ2) is 7.27. The fraction of sp³-hybridized carbons (Fsp3) is 0.625. The molecule has 0 saturated heterocycles. The van der Waals surface area contributed by atoms with E-state index in [0.717, 1.165) is 24.8 Å². The van der Waals surface area contributed by atoms with E-state index in [1.54, 1.807) is 6.20 Å². The van der Waals surface area contributed by atoms with Gasteiger partial charge in [0.2, 0.25) is 0 Å². The minimum absolute atomic E-state index is 0.0147. The Morgan fingerprint density at radius 3 is 2.65 bits per heavy atom. The van der Waals surface area contributed by atoms with Crippen LogP contribution in [0.5, 0.6) is 0 Å². The molecule has 1 aliphatic carbocycles. The van der Waals surface area contributed by atoms with Gasteiger partial charge in [-0.2, -0.15) is 0 Å². The lowest BCUT2D eigenvalue weighted by molar-refractivity contribution is 0.0941. The van der Waals surface area contributed by atoms with E-state index in [1.807, 2.05) is 19.1 Å². The molecule has 1 amide bonds. The number of aromatic nitrogens is 1. The van der Waals surface area contributed by atoms with Crippen LogP contribution in [0.15, 0.2) is 18.3 Å². The Morgan fingerprint density at radius 1 is 1.30 bits per heavy atom.